The summed E-state index contributed by atoms with van der Waals surface area (Å²) in [5, 5.41) is 34.0. The number of aromatic hydroxyl groups is 3. The van der Waals surface area contributed by atoms with Gasteiger partial charge in [0.2, 0.25) is 0 Å². The van der Waals surface area contributed by atoms with E-state index in [1.165, 1.54) is 0 Å². The summed E-state index contributed by atoms with van der Waals surface area (Å²) in [6, 6.07) is 54.3. The zero-order valence-electron chi connectivity index (χ0n) is 30.5. The highest BCUT2D eigenvalue weighted by atomic mass is 16.3. The molecule has 0 fully saturated rings. The van der Waals surface area contributed by atoms with Crippen LogP contribution in [0.15, 0.2) is 182 Å². The first-order valence-electron chi connectivity index (χ1n) is 18.7. The molecule has 57 heavy (non-hydrogen) atoms. The average Bonchev–Trinajstić information content (AvgIpc) is 3.26. The highest BCUT2D eigenvalue weighted by molar-refractivity contribution is 5.97. The first-order valence-corrected chi connectivity index (χ1v) is 18.7. The van der Waals surface area contributed by atoms with Crippen molar-refractivity contribution >= 4 is 32.7 Å². The quantitative estimate of drug-likeness (QED) is 0.157. The fourth-order valence-corrected chi connectivity index (χ4v) is 7.93. The van der Waals surface area contributed by atoms with Gasteiger partial charge in [-0.3, -0.25) is 15.0 Å². The van der Waals surface area contributed by atoms with Crippen LogP contribution in [0.3, 0.4) is 0 Å². The second-order valence-electron chi connectivity index (χ2n) is 14.2. The van der Waals surface area contributed by atoms with Gasteiger partial charge in [-0.05, 0) is 105 Å². The zero-order valence-corrected chi connectivity index (χ0v) is 30.5. The van der Waals surface area contributed by atoms with Gasteiger partial charge in [0.05, 0.1) is 0 Å². The summed E-state index contributed by atoms with van der Waals surface area (Å²) in [5.74, 6) is 0.455. The maximum atomic E-state index is 10.5. The van der Waals surface area contributed by atoms with Crippen LogP contribution < -0.4 is 0 Å². The summed E-state index contributed by atoms with van der Waals surface area (Å²) >= 11 is 0. The van der Waals surface area contributed by atoms with E-state index in [0.717, 1.165) is 82.9 Å². The number of benzene rings is 7. The predicted octanol–water partition coefficient (Wildman–Crippen LogP) is 12.4. The van der Waals surface area contributed by atoms with Crippen molar-refractivity contribution < 1.29 is 15.3 Å². The summed E-state index contributed by atoms with van der Waals surface area (Å²) in [6.07, 6.45) is 5.47. The molecule has 3 N–H and O–H groups in total. The molecule has 6 nitrogen and oxygen atoms in total. The number of pyridine rings is 3. The fraction of sp³-hybridized carbons (Fsp3) is 0. The molecule has 3 aromatic heterocycles. The Balaban J connectivity index is 1.20. The minimum Gasteiger partial charge on any atom is -0.506 e. The van der Waals surface area contributed by atoms with Crippen LogP contribution in [-0.4, -0.2) is 30.3 Å². The molecule has 0 aliphatic rings. The molecule has 0 aliphatic heterocycles. The van der Waals surface area contributed by atoms with Gasteiger partial charge in [-0.15, -0.1) is 0 Å². The number of fused-ring (bicyclic) bond motifs is 3. The van der Waals surface area contributed by atoms with Crippen LogP contribution >= 0.6 is 0 Å². The van der Waals surface area contributed by atoms with E-state index in [4.69, 9.17) is 0 Å². The summed E-state index contributed by atoms with van der Waals surface area (Å²) in [4.78, 5) is 14.0. The number of phenols is 3. The number of rotatable bonds is 6. The second kappa shape index (κ2) is 13.8. The number of hydrogen-bond acceptors (Lipinski definition) is 6. The lowest BCUT2D eigenvalue weighted by Gasteiger charge is -2.18. The smallest absolute Gasteiger partial charge is 0.141 e. The van der Waals surface area contributed by atoms with Gasteiger partial charge in [0, 0.05) is 51.4 Å². The van der Waals surface area contributed by atoms with E-state index in [2.05, 4.69) is 106 Å². The van der Waals surface area contributed by atoms with Crippen molar-refractivity contribution in [3.05, 3.63) is 182 Å². The maximum absolute atomic E-state index is 10.5. The number of para-hydroxylation sites is 3. The highest BCUT2D eigenvalue weighted by Gasteiger charge is 2.18. The Bertz CT molecular complexity index is 2840. The molecule has 0 bridgehead atoms. The first kappa shape index (κ1) is 33.7. The monoisotopic (exact) mass is 735 g/mol. The lowest BCUT2D eigenvalue weighted by atomic mass is 9.86. The van der Waals surface area contributed by atoms with Gasteiger partial charge in [0.1, 0.15) is 33.8 Å². The molecule has 0 amide bonds. The molecule has 6 heteroatoms. The molecule has 10 aromatic rings. The van der Waals surface area contributed by atoms with Gasteiger partial charge in [0.25, 0.3) is 0 Å². The molecule has 10 rings (SSSR count). The molecular formula is C51H33N3O3. The molecule has 3 heterocycles. The maximum Gasteiger partial charge on any atom is 0.141 e. The first-order chi connectivity index (χ1) is 28.0. The standard InChI is InChI=1S/C51H33N3O3/c55-46-19-7-10-31-22-37(28-52-49(31)46)43-16-4-1-13-40(43)34-25-35(41-14-2-5-17-44(41)38-23-32-11-8-20-47(56)50(32)53-29-38)27-36(26-34)42-15-3-6-18-45(42)39-24-33-12-9-21-48(57)51(33)54-30-39/h1-30,55-57H. The average molecular weight is 736 g/mol. The molecule has 270 valence electrons. The van der Waals surface area contributed by atoms with Crippen molar-refractivity contribution in [3.63, 3.8) is 0 Å². The van der Waals surface area contributed by atoms with Gasteiger partial charge in [0.15, 0.2) is 0 Å². The Labute approximate surface area is 328 Å². The number of hydrogen-bond donors (Lipinski definition) is 3. The van der Waals surface area contributed by atoms with Crippen LogP contribution in [-0.2, 0) is 0 Å². The lowest BCUT2D eigenvalue weighted by Crippen LogP contribution is -1.93. The Morgan fingerprint density at radius 2 is 0.526 bits per heavy atom. The lowest BCUT2D eigenvalue weighted by molar-refractivity contribution is 0.480. The number of aromatic nitrogens is 3. The second-order valence-corrected chi connectivity index (χ2v) is 14.2. The largest absolute Gasteiger partial charge is 0.506 e. The van der Waals surface area contributed by atoms with Crippen molar-refractivity contribution in [2.75, 3.05) is 0 Å². The molecule has 0 atom stereocenters. The van der Waals surface area contributed by atoms with E-state index in [9.17, 15) is 15.3 Å². The van der Waals surface area contributed by atoms with Gasteiger partial charge >= 0.3 is 0 Å². The van der Waals surface area contributed by atoms with Crippen LogP contribution in [0.2, 0.25) is 0 Å². The highest BCUT2D eigenvalue weighted by Crippen LogP contribution is 2.43. The van der Waals surface area contributed by atoms with Crippen molar-refractivity contribution in [2.45, 2.75) is 0 Å². The minimum absolute atomic E-state index is 0.152. The SMILES string of the molecule is Oc1cccc2cc(-c3ccccc3-c3cc(-c4ccccc4-c4cnc5c(O)cccc5c4)cc(-c4ccccc4-c4cnc5c(O)cccc5c4)c3)cnc12. The summed E-state index contributed by atoms with van der Waals surface area (Å²) in [5.41, 5.74) is 13.7. The Morgan fingerprint density at radius 3 is 0.807 bits per heavy atom. The third kappa shape index (κ3) is 6.06. The molecule has 0 spiro atoms. The van der Waals surface area contributed by atoms with Gasteiger partial charge in [-0.2, -0.15) is 0 Å². The minimum atomic E-state index is 0.152. The molecule has 0 aliphatic carbocycles. The zero-order chi connectivity index (χ0) is 38.5. The van der Waals surface area contributed by atoms with E-state index < -0.39 is 0 Å². The van der Waals surface area contributed by atoms with E-state index >= 15 is 0 Å². The fourth-order valence-electron chi connectivity index (χ4n) is 7.93. The van der Waals surface area contributed by atoms with Crippen LogP contribution in [0, 0.1) is 0 Å². The summed E-state index contributed by atoms with van der Waals surface area (Å²) < 4.78 is 0. The van der Waals surface area contributed by atoms with Crippen molar-refractivity contribution in [3.8, 4) is 84.0 Å². The normalized spacial score (nSPS) is 11.4. The molecule has 0 radical (unpaired) electrons. The number of phenolic OH excluding ortho intramolecular Hbond substituents is 3. The predicted molar refractivity (Wildman–Crippen MR) is 230 cm³/mol. The van der Waals surface area contributed by atoms with Crippen LogP contribution in [0.25, 0.3) is 99.5 Å². The van der Waals surface area contributed by atoms with Gasteiger partial charge in [-0.1, -0.05) is 109 Å². The van der Waals surface area contributed by atoms with Gasteiger partial charge in [-0.25, -0.2) is 0 Å². The van der Waals surface area contributed by atoms with E-state index in [-0.39, 0.29) is 17.2 Å². The van der Waals surface area contributed by atoms with Crippen molar-refractivity contribution in [2.24, 2.45) is 0 Å². The molecule has 0 saturated heterocycles. The summed E-state index contributed by atoms with van der Waals surface area (Å²) in [6.45, 7) is 0. The Kier molecular flexibility index (Phi) is 8.16. The third-order valence-electron chi connectivity index (χ3n) is 10.6. The Morgan fingerprint density at radius 1 is 0.263 bits per heavy atom. The molecule has 0 unspecified atom stereocenters. The molecular weight excluding hydrogens is 703 g/mol. The van der Waals surface area contributed by atoms with Crippen LogP contribution in [0.4, 0.5) is 0 Å². The topological polar surface area (TPSA) is 99.4 Å². The van der Waals surface area contributed by atoms with Crippen molar-refractivity contribution in [1.29, 1.82) is 0 Å². The van der Waals surface area contributed by atoms with Gasteiger partial charge < -0.3 is 15.3 Å². The number of nitrogens with zero attached hydrogens (tertiary/aromatic N) is 3. The molecule has 7 aromatic carbocycles. The van der Waals surface area contributed by atoms with Crippen LogP contribution in [0.5, 0.6) is 17.2 Å². The van der Waals surface area contributed by atoms with E-state index in [0.29, 0.717) is 16.6 Å². The van der Waals surface area contributed by atoms with E-state index in [1.54, 1.807) is 18.2 Å². The van der Waals surface area contributed by atoms with Crippen LogP contribution in [0.1, 0.15) is 0 Å². The summed E-state index contributed by atoms with van der Waals surface area (Å²) in [7, 11) is 0. The molecule has 0 saturated carbocycles. The van der Waals surface area contributed by atoms with E-state index in [1.807, 2.05) is 73.2 Å². The third-order valence-corrected chi connectivity index (χ3v) is 10.6. The van der Waals surface area contributed by atoms with Crippen molar-refractivity contribution in [1.82, 2.24) is 15.0 Å². The Hall–Kier alpha value is -7.83.